The van der Waals surface area contributed by atoms with Crippen LogP contribution in [0.3, 0.4) is 0 Å². The minimum atomic E-state index is -1.20. The fourth-order valence-corrected chi connectivity index (χ4v) is 0.920. The van der Waals surface area contributed by atoms with Gasteiger partial charge in [-0.15, -0.1) is 0 Å². The van der Waals surface area contributed by atoms with Crippen LogP contribution in [0.5, 0.6) is 0 Å². The molecular formula is C9H9O3-. The molecule has 0 aliphatic rings. The summed E-state index contributed by atoms with van der Waals surface area (Å²) >= 11 is 0. The lowest BCUT2D eigenvalue weighted by Crippen LogP contribution is -2.23. The Morgan fingerprint density at radius 3 is 2.92 bits per heavy atom. The molecule has 1 heterocycles. The highest BCUT2D eigenvalue weighted by Crippen LogP contribution is 2.14. The van der Waals surface area contributed by atoms with Gasteiger partial charge in [-0.1, -0.05) is 13.0 Å². The smallest absolute Gasteiger partial charge is 0.135 e. The van der Waals surface area contributed by atoms with Crippen LogP contribution >= 0.6 is 0 Å². The molecule has 12 heavy (non-hydrogen) atoms. The average molecular weight is 165 g/mol. The maximum atomic E-state index is 10.5. The largest absolute Gasteiger partial charge is 0.545 e. The van der Waals surface area contributed by atoms with Crippen LogP contribution < -0.4 is 5.11 Å². The van der Waals surface area contributed by atoms with Crippen molar-refractivity contribution in [1.82, 2.24) is 0 Å². The molecule has 0 amide bonds. The minimum absolute atomic E-state index is 0.113. The van der Waals surface area contributed by atoms with E-state index in [1.54, 1.807) is 18.2 Å². The molecule has 64 valence electrons. The molecule has 0 saturated heterocycles. The standard InChI is InChI=1S/C9H10O3/c1-2-4-7(9(10)11)8-5-3-6-12-8/h3-6H,2H2,1H3,(H,10,11)/p-1/b7-4-. The average Bonchev–Trinajstić information content (AvgIpc) is 2.51. The molecule has 0 fully saturated rings. The molecule has 0 aromatic carbocycles. The number of rotatable bonds is 3. The number of furan rings is 1. The Morgan fingerprint density at radius 2 is 2.50 bits per heavy atom. The third kappa shape index (κ3) is 1.75. The van der Waals surface area contributed by atoms with E-state index in [-0.39, 0.29) is 5.57 Å². The van der Waals surface area contributed by atoms with Gasteiger partial charge in [0.2, 0.25) is 0 Å². The number of aliphatic carboxylic acids is 1. The van der Waals surface area contributed by atoms with E-state index in [1.807, 2.05) is 6.92 Å². The third-order valence-electron chi connectivity index (χ3n) is 1.41. The van der Waals surface area contributed by atoms with E-state index < -0.39 is 5.97 Å². The number of carboxylic acid groups (broad SMARTS) is 1. The lowest BCUT2D eigenvalue weighted by Gasteiger charge is -2.03. The molecule has 3 heteroatoms. The van der Waals surface area contributed by atoms with Crippen LogP contribution in [-0.2, 0) is 4.79 Å². The van der Waals surface area contributed by atoms with Crippen molar-refractivity contribution in [2.45, 2.75) is 13.3 Å². The lowest BCUT2D eigenvalue weighted by molar-refractivity contribution is -0.295. The normalized spacial score (nSPS) is 11.6. The molecule has 1 rings (SSSR count). The second kappa shape index (κ2) is 3.76. The van der Waals surface area contributed by atoms with Crippen LogP contribution in [0.15, 0.2) is 28.9 Å². The molecule has 1 aromatic rings. The number of hydrogen-bond acceptors (Lipinski definition) is 3. The van der Waals surface area contributed by atoms with Gasteiger partial charge in [-0.25, -0.2) is 0 Å². The van der Waals surface area contributed by atoms with Gasteiger partial charge >= 0.3 is 0 Å². The molecule has 0 saturated carbocycles. The number of carboxylic acids is 1. The van der Waals surface area contributed by atoms with E-state index in [0.717, 1.165) is 0 Å². The molecule has 0 radical (unpaired) electrons. The highest BCUT2D eigenvalue weighted by Gasteiger charge is 2.03. The maximum absolute atomic E-state index is 10.5. The zero-order chi connectivity index (χ0) is 8.97. The quantitative estimate of drug-likeness (QED) is 0.623. The summed E-state index contributed by atoms with van der Waals surface area (Å²) in [6.07, 6.45) is 3.64. The van der Waals surface area contributed by atoms with E-state index in [9.17, 15) is 9.90 Å². The van der Waals surface area contributed by atoms with Gasteiger partial charge in [0.1, 0.15) is 5.76 Å². The molecule has 1 aromatic heterocycles. The Balaban J connectivity index is 2.96. The first kappa shape index (κ1) is 8.59. The highest BCUT2D eigenvalue weighted by atomic mass is 16.4. The van der Waals surface area contributed by atoms with Crippen LogP contribution in [0.4, 0.5) is 0 Å². The van der Waals surface area contributed by atoms with Gasteiger partial charge < -0.3 is 14.3 Å². The van der Waals surface area contributed by atoms with E-state index in [4.69, 9.17) is 4.42 Å². The molecule has 0 aliphatic carbocycles. The zero-order valence-corrected chi connectivity index (χ0v) is 6.74. The predicted molar refractivity (Wildman–Crippen MR) is 42.0 cm³/mol. The molecule has 0 aliphatic heterocycles. The number of allylic oxidation sites excluding steroid dienone is 1. The van der Waals surface area contributed by atoms with Crippen molar-refractivity contribution >= 4 is 11.5 Å². The fourth-order valence-electron chi connectivity index (χ4n) is 0.920. The number of hydrogen-bond donors (Lipinski definition) is 0. The summed E-state index contributed by atoms with van der Waals surface area (Å²) in [7, 11) is 0. The molecule has 0 spiro atoms. The maximum Gasteiger partial charge on any atom is 0.135 e. The van der Waals surface area contributed by atoms with Gasteiger partial charge in [-0.3, -0.25) is 0 Å². The number of carbonyl (C=O) groups is 1. The van der Waals surface area contributed by atoms with Crippen LogP contribution in [0.25, 0.3) is 5.57 Å². The summed E-state index contributed by atoms with van der Waals surface area (Å²) in [6, 6.07) is 3.24. The summed E-state index contributed by atoms with van der Waals surface area (Å²) in [5.74, 6) is -0.858. The fraction of sp³-hybridized carbons (Fsp3) is 0.222. The Labute approximate surface area is 70.3 Å². The lowest BCUT2D eigenvalue weighted by atomic mass is 10.2. The van der Waals surface area contributed by atoms with Gasteiger partial charge in [0, 0.05) is 5.57 Å². The summed E-state index contributed by atoms with van der Waals surface area (Å²) in [5, 5.41) is 10.5. The molecule has 0 N–H and O–H groups in total. The summed E-state index contributed by atoms with van der Waals surface area (Å²) in [4.78, 5) is 10.5. The van der Waals surface area contributed by atoms with Crippen LogP contribution in [0.2, 0.25) is 0 Å². The Hall–Kier alpha value is -1.51. The summed E-state index contributed by atoms with van der Waals surface area (Å²) < 4.78 is 4.92. The van der Waals surface area contributed by atoms with E-state index in [1.165, 1.54) is 6.26 Å². The highest BCUT2D eigenvalue weighted by molar-refractivity contribution is 6.13. The summed E-state index contributed by atoms with van der Waals surface area (Å²) in [6.45, 7) is 1.85. The van der Waals surface area contributed by atoms with E-state index >= 15 is 0 Å². The van der Waals surface area contributed by atoms with Crippen LogP contribution in [0, 0.1) is 0 Å². The van der Waals surface area contributed by atoms with Crippen molar-refractivity contribution in [2.24, 2.45) is 0 Å². The number of carbonyl (C=O) groups excluding carboxylic acids is 1. The van der Waals surface area contributed by atoms with Crippen molar-refractivity contribution in [2.75, 3.05) is 0 Å². The van der Waals surface area contributed by atoms with Crippen LogP contribution in [-0.4, -0.2) is 5.97 Å². The topological polar surface area (TPSA) is 53.3 Å². The minimum Gasteiger partial charge on any atom is -0.545 e. The van der Waals surface area contributed by atoms with Crippen molar-refractivity contribution in [1.29, 1.82) is 0 Å². The van der Waals surface area contributed by atoms with Gasteiger partial charge in [0.25, 0.3) is 0 Å². The van der Waals surface area contributed by atoms with Gasteiger partial charge in [-0.05, 0) is 18.6 Å². The Kier molecular flexibility index (Phi) is 2.69. The predicted octanol–water partition coefficient (Wildman–Crippen LogP) is 0.823. The second-order valence-electron chi connectivity index (χ2n) is 2.29. The third-order valence-corrected chi connectivity index (χ3v) is 1.41. The summed E-state index contributed by atoms with van der Waals surface area (Å²) in [5.41, 5.74) is 0.113. The first-order chi connectivity index (χ1) is 5.75. The molecule has 0 unspecified atom stereocenters. The second-order valence-corrected chi connectivity index (χ2v) is 2.29. The van der Waals surface area contributed by atoms with Crippen molar-refractivity contribution in [3.63, 3.8) is 0 Å². The Bertz CT molecular complexity index is 283. The van der Waals surface area contributed by atoms with Crippen molar-refractivity contribution in [3.8, 4) is 0 Å². The first-order valence-electron chi connectivity index (χ1n) is 3.71. The molecule has 3 nitrogen and oxygen atoms in total. The van der Waals surface area contributed by atoms with Gasteiger partial charge in [-0.2, -0.15) is 0 Å². The van der Waals surface area contributed by atoms with Crippen molar-refractivity contribution < 1.29 is 14.3 Å². The Morgan fingerprint density at radius 1 is 1.75 bits per heavy atom. The monoisotopic (exact) mass is 165 g/mol. The van der Waals surface area contributed by atoms with E-state index in [2.05, 4.69) is 0 Å². The molecule has 0 atom stereocenters. The molecular weight excluding hydrogens is 156 g/mol. The van der Waals surface area contributed by atoms with Gasteiger partial charge in [0.15, 0.2) is 0 Å². The SMILES string of the molecule is CC/C=C(\C(=O)[O-])c1ccco1. The van der Waals surface area contributed by atoms with Gasteiger partial charge in [0.05, 0.1) is 12.2 Å². The first-order valence-corrected chi connectivity index (χ1v) is 3.71. The van der Waals surface area contributed by atoms with Crippen molar-refractivity contribution in [3.05, 3.63) is 30.2 Å². The molecule has 0 bridgehead atoms. The van der Waals surface area contributed by atoms with E-state index in [0.29, 0.717) is 12.2 Å². The van der Waals surface area contributed by atoms with Crippen LogP contribution in [0.1, 0.15) is 19.1 Å². The zero-order valence-electron chi connectivity index (χ0n) is 6.74.